The van der Waals surface area contributed by atoms with Crippen molar-refractivity contribution >= 4 is 64.9 Å². The van der Waals surface area contributed by atoms with Crippen molar-refractivity contribution in [2.45, 2.75) is 42.3 Å². The molecule has 0 saturated carbocycles. The summed E-state index contributed by atoms with van der Waals surface area (Å²) in [6, 6.07) is 0. The molecule has 0 saturated heterocycles. The minimum absolute atomic E-state index is 0. The third-order valence-electron chi connectivity index (χ3n) is 3.13. The van der Waals surface area contributed by atoms with Crippen molar-refractivity contribution in [2.75, 3.05) is 6.54 Å². The molecule has 168 valence electrons. The molecule has 29 heavy (non-hydrogen) atoms. The van der Waals surface area contributed by atoms with Gasteiger partial charge in [-0.05, 0) is 13.0 Å². The maximum Gasteiger partial charge on any atom is 2.00 e. The second-order valence-electron chi connectivity index (χ2n) is 5.26. The average Bonchev–Trinajstić information content (AvgIpc) is 2.55. The molecule has 0 amide bonds. The molecule has 0 unspecified atom stereocenters. The van der Waals surface area contributed by atoms with Crippen molar-refractivity contribution in [1.82, 2.24) is 0 Å². The zero-order chi connectivity index (χ0) is 23.1. The predicted molar refractivity (Wildman–Crippen MR) is 87.1 cm³/mol. The largest absolute Gasteiger partial charge is 2.00 e. The first-order valence-corrected chi connectivity index (χ1v) is 10.2. The summed E-state index contributed by atoms with van der Waals surface area (Å²) in [5.41, 5.74) is 5.01. The van der Waals surface area contributed by atoms with E-state index in [9.17, 15) is 34.0 Å². The maximum atomic E-state index is 10.7. The Balaban J connectivity index is -0.000000451. The van der Waals surface area contributed by atoms with Crippen LogP contribution in [0.3, 0.4) is 0 Å². The summed E-state index contributed by atoms with van der Waals surface area (Å²) in [5.74, 6) is -4.22. The SMILES string of the molecule is NCCCC(O)(P(=O)(O)O)P(=O)(O)O.O=C([O-])[C@@H](O)[C@@H](O)[C@H](O)[C@@H](O)C(=O)[O-].[Ca+2]. The van der Waals surface area contributed by atoms with Gasteiger partial charge in [0.1, 0.15) is 24.4 Å². The van der Waals surface area contributed by atoms with Gasteiger partial charge in [0.25, 0.3) is 5.08 Å². The number of aliphatic hydroxyl groups is 5. The van der Waals surface area contributed by atoms with Gasteiger partial charge < -0.3 is 70.6 Å². The molecule has 0 aromatic carbocycles. The Morgan fingerprint density at radius 1 is 0.862 bits per heavy atom. The smallest absolute Gasteiger partial charge is 0.547 e. The van der Waals surface area contributed by atoms with Gasteiger partial charge in [0.15, 0.2) is 0 Å². The monoisotopic (exact) mass is 497 g/mol. The van der Waals surface area contributed by atoms with Crippen LogP contribution >= 0.6 is 15.2 Å². The number of hydrogen-bond donors (Lipinski definition) is 10. The zero-order valence-corrected chi connectivity index (χ0v) is 18.6. The van der Waals surface area contributed by atoms with Crippen molar-refractivity contribution < 1.29 is 74.0 Å². The van der Waals surface area contributed by atoms with E-state index in [-0.39, 0.29) is 50.7 Å². The number of rotatable bonds is 10. The van der Waals surface area contributed by atoms with Gasteiger partial charge in [-0.25, -0.2) is 0 Å². The average molecular weight is 497 g/mol. The summed E-state index contributed by atoms with van der Waals surface area (Å²) >= 11 is 0. The number of hydrogen-bond acceptors (Lipinski definition) is 12. The van der Waals surface area contributed by atoms with Crippen molar-refractivity contribution in [3.05, 3.63) is 0 Å². The molecule has 0 aliphatic carbocycles. The summed E-state index contributed by atoms with van der Waals surface area (Å²) in [5, 5.41) is 60.6. The van der Waals surface area contributed by atoms with E-state index in [0.717, 1.165) is 0 Å². The van der Waals surface area contributed by atoms with Crippen molar-refractivity contribution in [3.63, 3.8) is 0 Å². The van der Waals surface area contributed by atoms with Gasteiger partial charge in [0, 0.05) is 6.42 Å². The van der Waals surface area contributed by atoms with E-state index in [4.69, 9.17) is 45.7 Å². The topological polar surface area (TPSA) is 322 Å². The van der Waals surface area contributed by atoms with Gasteiger partial charge in [-0.2, -0.15) is 0 Å². The summed E-state index contributed by atoms with van der Waals surface area (Å²) in [6.45, 7) is -0.0394. The van der Waals surface area contributed by atoms with Crippen LogP contribution in [0, 0.1) is 0 Å². The van der Waals surface area contributed by atoms with E-state index < -0.39 is 63.1 Å². The summed E-state index contributed by atoms with van der Waals surface area (Å²) in [4.78, 5) is 54.4. The summed E-state index contributed by atoms with van der Waals surface area (Å²) in [6.07, 6.45) is -10.6. The van der Waals surface area contributed by atoms with Crippen LogP contribution in [0.1, 0.15) is 12.8 Å². The molecule has 0 aromatic heterocycles. The molecule has 16 nitrogen and oxygen atoms in total. The molecule has 0 aromatic rings. The first-order valence-electron chi connectivity index (χ1n) is 7.02. The number of aliphatic carboxylic acids is 2. The molecule has 0 radical (unpaired) electrons. The van der Waals surface area contributed by atoms with Crippen LogP contribution in [0.5, 0.6) is 0 Å². The van der Waals surface area contributed by atoms with Crippen LogP contribution < -0.4 is 15.9 Å². The predicted octanol–water partition coefficient (Wildman–Crippen LogP) is -7.72. The number of carboxylic acids is 2. The van der Waals surface area contributed by atoms with Crippen molar-refractivity contribution in [3.8, 4) is 0 Å². The summed E-state index contributed by atoms with van der Waals surface area (Å²) < 4.78 is 21.4. The number of carbonyl (C=O) groups excluding carboxylic acids is 2. The first-order chi connectivity index (χ1) is 12.3. The Hall–Kier alpha value is 0.260. The van der Waals surface area contributed by atoms with E-state index in [0.29, 0.717) is 0 Å². The minimum Gasteiger partial charge on any atom is -0.547 e. The Labute approximate surface area is 192 Å². The summed E-state index contributed by atoms with van der Waals surface area (Å²) in [7, 11) is -10.6. The maximum absolute atomic E-state index is 10.7. The quantitative estimate of drug-likeness (QED) is 0.0989. The van der Waals surface area contributed by atoms with Crippen molar-refractivity contribution in [2.24, 2.45) is 5.73 Å². The van der Waals surface area contributed by atoms with Gasteiger partial charge in [-0.1, -0.05) is 0 Å². The molecule has 19 heteroatoms. The minimum atomic E-state index is -5.30. The Morgan fingerprint density at radius 2 is 1.14 bits per heavy atom. The normalized spacial score (nSPS) is 16.3. The molecule has 11 N–H and O–H groups in total. The zero-order valence-electron chi connectivity index (χ0n) is 14.6. The van der Waals surface area contributed by atoms with Gasteiger partial charge >= 0.3 is 52.9 Å². The van der Waals surface area contributed by atoms with Gasteiger partial charge in [0.05, 0.1) is 11.9 Å². The third kappa shape index (κ3) is 10.4. The molecular weight excluding hydrogens is 476 g/mol. The van der Waals surface area contributed by atoms with Crippen LogP contribution in [0.25, 0.3) is 0 Å². The fourth-order valence-electron chi connectivity index (χ4n) is 1.45. The van der Waals surface area contributed by atoms with E-state index in [1.54, 1.807) is 0 Å². The second-order valence-corrected chi connectivity index (χ2v) is 9.27. The van der Waals surface area contributed by atoms with E-state index in [2.05, 4.69) is 0 Å². The standard InChI is InChI=1S/C6H10O8.C4H13NO7P2.Ca/c7-1(3(9)5(11)12)2(8)4(10)6(13)14;5-3-1-2-4(6,13(7,8)9)14(10,11)12;/h1-4,7-10H,(H,11,12)(H,13,14);6H,1-3,5H2,(H2,7,8,9)(H2,10,11,12);/q;;+2/p-2/t1-,2-,3-,4+;;/m0../s1. The Morgan fingerprint density at radius 3 is 1.31 bits per heavy atom. The molecule has 0 rings (SSSR count). The van der Waals surface area contributed by atoms with E-state index in [1.165, 1.54) is 0 Å². The molecular formula is C10H21CaNO15P2. The Bertz CT molecular complexity index is 574. The first kappa shape index (κ1) is 33.9. The Kier molecular flexibility index (Phi) is 15.9. The number of aliphatic hydroxyl groups excluding tert-OH is 4. The molecule has 0 bridgehead atoms. The molecule has 0 aliphatic heterocycles. The molecule has 0 aliphatic rings. The second kappa shape index (κ2) is 13.6. The van der Waals surface area contributed by atoms with Crippen LogP contribution in [0.15, 0.2) is 0 Å². The van der Waals surface area contributed by atoms with E-state index >= 15 is 0 Å². The fourth-order valence-corrected chi connectivity index (χ4v) is 3.71. The fraction of sp³-hybridized carbons (Fsp3) is 0.800. The molecule has 0 heterocycles. The van der Waals surface area contributed by atoms with Crippen LogP contribution in [0.4, 0.5) is 0 Å². The molecule has 0 fully saturated rings. The third-order valence-corrected chi connectivity index (χ3v) is 7.01. The van der Waals surface area contributed by atoms with E-state index in [1.807, 2.05) is 0 Å². The number of carboxylic acid groups (broad SMARTS) is 2. The van der Waals surface area contributed by atoms with Gasteiger partial charge in [0.2, 0.25) is 0 Å². The van der Waals surface area contributed by atoms with Gasteiger partial charge in [-0.3, -0.25) is 9.13 Å². The van der Waals surface area contributed by atoms with Crippen LogP contribution in [-0.2, 0) is 18.7 Å². The molecule has 0 spiro atoms. The number of carbonyl (C=O) groups is 2. The van der Waals surface area contributed by atoms with Crippen molar-refractivity contribution in [1.29, 1.82) is 0 Å². The molecule has 4 atom stereocenters. The van der Waals surface area contributed by atoms with Gasteiger partial charge in [-0.15, -0.1) is 0 Å². The van der Waals surface area contributed by atoms with Crippen LogP contribution in [0.2, 0.25) is 0 Å². The van der Waals surface area contributed by atoms with Crippen LogP contribution in [-0.4, -0.2) is 131 Å². The number of nitrogens with two attached hydrogens (primary N) is 1.